The van der Waals surface area contributed by atoms with E-state index in [4.69, 9.17) is 4.52 Å². The number of hydrogen-bond donors (Lipinski definition) is 1. The first-order chi connectivity index (χ1) is 10.2. The Bertz CT molecular complexity index is 812. The van der Waals surface area contributed by atoms with Crippen LogP contribution in [0.5, 0.6) is 0 Å². The summed E-state index contributed by atoms with van der Waals surface area (Å²) >= 11 is 0. The topological polar surface area (TPSA) is 49.9 Å². The lowest BCUT2D eigenvalue weighted by molar-refractivity contribution is -0.672. The van der Waals surface area contributed by atoms with E-state index in [-0.39, 0.29) is 0 Å². The van der Waals surface area contributed by atoms with Gasteiger partial charge < -0.3 is 0 Å². The lowest BCUT2D eigenvalue weighted by Crippen LogP contribution is -2.36. The van der Waals surface area contributed by atoms with E-state index in [0.29, 0.717) is 5.69 Å². The predicted octanol–water partition coefficient (Wildman–Crippen LogP) is 2.72. The van der Waals surface area contributed by atoms with E-state index in [9.17, 15) is 4.79 Å². The van der Waals surface area contributed by atoms with Crippen LogP contribution >= 0.6 is 0 Å². The summed E-state index contributed by atoms with van der Waals surface area (Å²) in [5.41, 5.74) is 3.12. The number of nitrogens with zero attached hydrogens (tertiary/aromatic N) is 1. The summed E-state index contributed by atoms with van der Waals surface area (Å²) in [4.78, 5) is 11.8. The molecule has 3 aromatic rings. The number of H-pyrrole nitrogens is 1. The number of aryl methyl sites for hydroxylation is 1. The summed E-state index contributed by atoms with van der Waals surface area (Å²) in [6.45, 7) is 2.04. The molecule has 0 spiro atoms. The highest BCUT2D eigenvalue weighted by Crippen LogP contribution is 2.07. The van der Waals surface area contributed by atoms with Crippen LogP contribution < -0.4 is 10.3 Å². The third-order valence-electron chi connectivity index (χ3n) is 3.21. The number of rotatable bonds is 3. The molecule has 4 nitrogen and oxygen atoms in total. The minimum atomic E-state index is -0.401. The average molecular weight is 279 g/mol. The van der Waals surface area contributed by atoms with Crippen molar-refractivity contribution in [1.82, 2.24) is 5.27 Å². The minimum absolute atomic E-state index is 0.401. The normalized spacial score (nSPS) is 11.1. The molecule has 0 aliphatic carbocycles. The monoisotopic (exact) mass is 279 g/mol. The molecule has 0 amide bonds. The molecule has 2 aromatic carbocycles. The van der Waals surface area contributed by atoms with E-state index in [2.05, 4.69) is 5.27 Å². The molecule has 0 unspecified atom stereocenters. The van der Waals surface area contributed by atoms with Gasteiger partial charge in [0.05, 0.1) is 0 Å². The summed E-state index contributed by atoms with van der Waals surface area (Å²) in [7, 11) is 0. The smallest absolute Gasteiger partial charge is 0.282 e. The zero-order chi connectivity index (χ0) is 14.7. The van der Waals surface area contributed by atoms with Gasteiger partial charge in [0, 0.05) is 18.2 Å². The second-order valence-electron chi connectivity index (χ2n) is 4.78. The van der Waals surface area contributed by atoms with Crippen LogP contribution in [0, 0.1) is 6.92 Å². The fraction of sp³-hybridized carbons (Fsp3) is 0.0588. The van der Waals surface area contributed by atoms with E-state index in [1.807, 2.05) is 67.6 Å². The van der Waals surface area contributed by atoms with Crippen molar-refractivity contribution < 1.29 is 9.20 Å². The Morgan fingerprint density at radius 1 is 1.00 bits per heavy atom. The molecule has 0 aliphatic heterocycles. The first kappa shape index (κ1) is 13.1. The highest BCUT2D eigenvalue weighted by atomic mass is 16.5. The summed E-state index contributed by atoms with van der Waals surface area (Å²) in [6, 6.07) is 17.6. The van der Waals surface area contributed by atoms with Gasteiger partial charge in [0.15, 0.2) is 0 Å². The quantitative estimate of drug-likeness (QED) is 0.749. The van der Waals surface area contributed by atoms with Crippen LogP contribution in [0.25, 0.3) is 17.8 Å². The number of benzene rings is 2. The molecule has 0 bridgehead atoms. The van der Waals surface area contributed by atoms with Gasteiger partial charge in [-0.25, -0.2) is 4.79 Å². The maximum Gasteiger partial charge on any atom is 0.435 e. The van der Waals surface area contributed by atoms with E-state index in [0.717, 1.165) is 11.3 Å². The molecule has 4 heteroatoms. The Kier molecular flexibility index (Phi) is 3.51. The third kappa shape index (κ3) is 2.84. The van der Waals surface area contributed by atoms with Gasteiger partial charge >= 0.3 is 11.3 Å². The fourth-order valence-electron chi connectivity index (χ4n) is 2.04. The number of para-hydroxylation sites is 1. The van der Waals surface area contributed by atoms with Gasteiger partial charge in [-0.15, -0.1) is 0 Å². The molecule has 3 rings (SSSR count). The van der Waals surface area contributed by atoms with Gasteiger partial charge in [-0.1, -0.05) is 48.0 Å². The van der Waals surface area contributed by atoms with E-state index >= 15 is 0 Å². The highest BCUT2D eigenvalue weighted by Gasteiger charge is 2.19. The van der Waals surface area contributed by atoms with Gasteiger partial charge in [-0.2, -0.15) is 0 Å². The molecule has 0 aliphatic rings. The molecule has 0 fully saturated rings. The number of hydrogen-bond acceptors (Lipinski definition) is 2. The number of aromatic nitrogens is 2. The summed E-state index contributed by atoms with van der Waals surface area (Å²) in [5.74, 6) is 0. The molecule has 0 saturated heterocycles. The molecular weight excluding hydrogens is 264 g/mol. The lowest BCUT2D eigenvalue weighted by atomic mass is 10.1. The molecule has 1 aromatic heterocycles. The van der Waals surface area contributed by atoms with E-state index in [1.165, 1.54) is 5.56 Å². The molecule has 1 N–H and O–H groups in total. The fourth-order valence-corrected chi connectivity index (χ4v) is 2.04. The SMILES string of the molecule is Cc1ccc(/C=C/c2c(=O)o[nH][n+]2-c2ccccc2)cc1. The van der Waals surface area contributed by atoms with Crippen molar-refractivity contribution in [3.8, 4) is 5.69 Å². The highest BCUT2D eigenvalue weighted by molar-refractivity contribution is 5.66. The molecule has 0 saturated carbocycles. The molecule has 0 radical (unpaired) electrons. The van der Waals surface area contributed by atoms with Crippen LogP contribution in [0.3, 0.4) is 0 Å². The summed E-state index contributed by atoms with van der Waals surface area (Å²) < 4.78 is 6.51. The van der Waals surface area contributed by atoms with Crippen molar-refractivity contribution in [2.75, 3.05) is 0 Å². The van der Waals surface area contributed by atoms with Crippen molar-refractivity contribution in [3.63, 3.8) is 0 Å². The van der Waals surface area contributed by atoms with Crippen molar-refractivity contribution >= 4 is 12.2 Å². The standard InChI is InChI=1S/C17H14N2O2/c1-13-7-9-14(10-8-13)11-12-16-17(20)21-18-19(16)15-5-3-2-4-6-15/h2-12H,1H3/p+1/b12-11+. The van der Waals surface area contributed by atoms with Crippen LogP contribution in [0.15, 0.2) is 63.9 Å². The van der Waals surface area contributed by atoms with Gasteiger partial charge in [0.1, 0.15) is 0 Å². The molecule has 0 atom stereocenters. The molecule has 21 heavy (non-hydrogen) atoms. The van der Waals surface area contributed by atoms with Crippen LogP contribution in [0.2, 0.25) is 0 Å². The van der Waals surface area contributed by atoms with Gasteiger partial charge in [0.25, 0.3) is 0 Å². The van der Waals surface area contributed by atoms with Crippen LogP contribution in [0.1, 0.15) is 16.8 Å². The maximum atomic E-state index is 11.8. The predicted molar refractivity (Wildman–Crippen MR) is 81.0 cm³/mol. The number of aromatic amines is 1. The summed E-state index contributed by atoms with van der Waals surface area (Å²) in [6.07, 6.45) is 3.64. The van der Waals surface area contributed by atoms with E-state index in [1.54, 1.807) is 10.8 Å². The Morgan fingerprint density at radius 3 is 2.43 bits per heavy atom. The van der Waals surface area contributed by atoms with E-state index < -0.39 is 5.63 Å². The largest absolute Gasteiger partial charge is 0.435 e. The molecular formula is C17H15N2O2+. The van der Waals surface area contributed by atoms with Gasteiger partial charge in [0.2, 0.25) is 5.69 Å². The van der Waals surface area contributed by atoms with Crippen molar-refractivity contribution in [1.29, 1.82) is 0 Å². The van der Waals surface area contributed by atoms with Crippen LogP contribution in [-0.4, -0.2) is 5.27 Å². The second kappa shape index (κ2) is 5.63. The first-order valence-electron chi connectivity index (χ1n) is 6.68. The Labute approximate surface area is 121 Å². The minimum Gasteiger partial charge on any atom is -0.282 e. The van der Waals surface area contributed by atoms with Gasteiger partial charge in [-0.3, -0.25) is 4.52 Å². The Hall–Kier alpha value is -2.88. The first-order valence-corrected chi connectivity index (χ1v) is 6.68. The molecule has 104 valence electrons. The van der Waals surface area contributed by atoms with Crippen LogP contribution in [0.4, 0.5) is 0 Å². The number of nitrogens with one attached hydrogen (secondary N) is 1. The maximum absolute atomic E-state index is 11.8. The second-order valence-corrected chi connectivity index (χ2v) is 4.78. The molecule has 1 heterocycles. The van der Waals surface area contributed by atoms with Gasteiger partial charge in [-0.05, 0) is 28.5 Å². The lowest BCUT2D eigenvalue weighted by Gasteiger charge is -1.93. The Morgan fingerprint density at radius 2 is 1.71 bits per heavy atom. The van der Waals surface area contributed by atoms with Crippen molar-refractivity contribution in [2.45, 2.75) is 6.92 Å². The zero-order valence-electron chi connectivity index (χ0n) is 11.6. The third-order valence-corrected chi connectivity index (χ3v) is 3.21. The average Bonchev–Trinajstić information content (AvgIpc) is 2.89. The Balaban J connectivity index is 1.98. The zero-order valence-corrected chi connectivity index (χ0v) is 11.6. The van der Waals surface area contributed by atoms with Crippen LogP contribution in [-0.2, 0) is 0 Å². The summed E-state index contributed by atoms with van der Waals surface area (Å²) in [5, 5.41) is 2.61. The van der Waals surface area contributed by atoms with Crippen molar-refractivity contribution in [2.24, 2.45) is 0 Å². The van der Waals surface area contributed by atoms with Crippen molar-refractivity contribution in [3.05, 3.63) is 81.8 Å².